The van der Waals surface area contributed by atoms with E-state index in [1.807, 2.05) is 0 Å². The van der Waals surface area contributed by atoms with Gasteiger partial charge < -0.3 is 0 Å². The van der Waals surface area contributed by atoms with Gasteiger partial charge in [-0.25, -0.2) is 0 Å². The Kier molecular flexibility index (Phi) is 16.5. The number of allylic oxidation sites excluding steroid dienone is 2. The molecule has 0 spiro atoms. The van der Waals surface area contributed by atoms with Gasteiger partial charge in [0.25, 0.3) is 0 Å². The molecule has 0 aromatic carbocycles. The van der Waals surface area contributed by atoms with Gasteiger partial charge in [0.05, 0.1) is 6.42 Å². The van der Waals surface area contributed by atoms with Gasteiger partial charge in [-0.2, -0.15) is 0 Å². The Hall–Kier alpha value is -0.850. The van der Waals surface area contributed by atoms with E-state index in [4.69, 9.17) is 11.6 Å². The van der Waals surface area contributed by atoms with E-state index in [1.54, 1.807) is 0 Å². The highest BCUT2D eigenvalue weighted by Crippen LogP contribution is 2.08. The summed E-state index contributed by atoms with van der Waals surface area (Å²) in [5.41, 5.74) is 1.47. The van der Waals surface area contributed by atoms with Crippen molar-refractivity contribution in [3.8, 4) is 23.7 Å². The molecule has 0 atom stereocenters. The maximum Gasteiger partial charge on any atom is 0.0702 e. The van der Waals surface area contributed by atoms with Crippen LogP contribution in [0, 0.1) is 23.7 Å². The van der Waals surface area contributed by atoms with E-state index in [0.717, 1.165) is 25.1 Å². The third kappa shape index (κ3) is 17.1. The van der Waals surface area contributed by atoms with Crippen LogP contribution < -0.4 is 0 Å². The number of hydrogen-bond acceptors (Lipinski definition) is 0. The molecule has 0 saturated carbocycles. The molecule has 21 heavy (non-hydrogen) atoms. The van der Waals surface area contributed by atoms with E-state index >= 15 is 0 Å². The van der Waals surface area contributed by atoms with E-state index < -0.39 is 0 Å². The number of rotatable bonds is 10. The molecule has 0 aromatic heterocycles. The molecule has 1 heteroatoms. The van der Waals surface area contributed by atoms with Gasteiger partial charge in [-0.05, 0) is 32.6 Å². The lowest BCUT2D eigenvalue weighted by Crippen LogP contribution is -1.78. The molecule has 0 aromatic rings. The van der Waals surface area contributed by atoms with Crippen LogP contribution in [0.3, 0.4) is 0 Å². The highest BCUT2D eigenvalue weighted by molar-refractivity contribution is 6.17. The molecule has 0 rings (SSSR count). The van der Waals surface area contributed by atoms with Crippen molar-refractivity contribution >= 4 is 11.6 Å². The third-order valence-corrected chi connectivity index (χ3v) is 3.61. The summed E-state index contributed by atoms with van der Waals surface area (Å²) in [4.78, 5) is 0. The van der Waals surface area contributed by atoms with Crippen molar-refractivity contribution in [1.82, 2.24) is 0 Å². The number of alkyl halides is 1. The fourth-order valence-corrected chi connectivity index (χ4v) is 2.16. The second-order valence-corrected chi connectivity index (χ2v) is 5.83. The van der Waals surface area contributed by atoms with E-state index in [9.17, 15) is 0 Å². The smallest absolute Gasteiger partial charge is 0.0702 e. The fourth-order valence-electron chi connectivity index (χ4n) is 1.97. The average Bonchev–Trinajstić information content (AvgIpc) is 2.48. The van der Waals surface area contributed by atoms with E-state index in [2.05, 4.69) is 43.6 Å². The van der Waals surface area contributed by atoms with E-state index in [1.165, 1.54) is 50.5 Å². The van der Waals surface area contributed by atoms with Gasteiger partial charge in [0.1, 0.15) is 0 Å². The van der Waals surface area contributed by atoms with Crippen molar-refractivity contribution in [2.45, 2.75) is 84.5 Å². The minimum Gasteiger partial charge on any atom is -0.127 e. The van der Waals surface area contributed by atoms with Crippen molar-refractivity contribution in [3.05, 3.63) is 11.6 Å². The molecule has 0 unspecified atom stereocenters. The zero-order chi connectivity index (χ0) is 15.6. The molecule has 0 radical (unpaired) electrons. The van der Waals surface area contributed by atoms with Crippen molar-refractivity contribution in [2.24, 2.45) is 0 Å². The van der Waals surface area contributed by atoms with Crippen molar-refractivity contribution < 1.29 is 0 Å². The van der Waals surface area contributed by atoms with Gasteiger partial charge in [-0.3, -0.25) is 0 Å². The lowest BCUT2D eigenvalue weighted by molar-refractivity contribution is 0.682. The second kappa shape index (κ2) is 17.2. The van der Waals surface area contributed by atoms with E-state index in [0.29, 0.717) is 6.42 Å². The summed E-state index contributed by atoms with van der Waals surface area (Å²) < 4.78 is 0. The summed E-state index contributed by atoms with van der Waals surface area (Å²) in [5, 5.41) is 0. The first kappa shape index (κ1) is 20.1. The van der Waals surface area contributed by atoms with Gasteiger partial charge in [-0.15, -0.1) is 17.5 Å². The maximum atomic E-state index is 5.63. The predicted molar refractivity (Wildman–Crippen MR) is 96.5 cm³/mol. The zero-order valence-electron chi connectivity index (χ0n) is 13.9. The molecular weight excluding hydrogens is 276 g/mol. The summed E-state index contributed by atoms with van der Waals surface area (Å²) in [6, 6.07) is 0. The molecule has 0 fully saturated rings. The average molecular weight is 307 g/mol. The molecule has 0 heterocycles. The standard InChI is InChI=1S/C20H31Cl/c1-3-4-14-17-20(2)18-15-12-10-8-6-5-7-9-11-13-16-19-21/h18H,3-4,7-9,11,13-17,19H2,1-2H3/b20-18-. The minimum atomic E-state index is 0.713. The molecular formula is C20H31Cl. The predicted octanol–water partition coefficient (Wildman–Crippen LogP) is 6.49. The van der Waals surface area contributed by atoms with Crippen molar-refractivity contribution in [1.29, 1.82) is 0 Å². The molecule has 0 nitrogen and oxygen atoms in total. The first-order chi connectivity index (χ1) is 10.3. The molecule has 118 valence electrons. The Morgan fingerprint density at radius 1 is 0.905 bits per heavy atom. The van der Waals surface area contributed by atoms with Crippen molar-refractivity contribution in [3.63, 3.8) is 0 Å². The molecule has 0 N–H and O–H groups in total. The molecule has 0 aliphatic rings. The zero-order valence-corrected chi connectivity index (χ0v) is 14.7. The van der Waals surface area contributed by atoms with Gasteiger partial charge in [0.2, 0.25) is 0 Å². The van der Waals surface area contributed by atoms with Crippen LogP contribution in [0.1, 0.15) is 84.5 Å². The summed E-state index contributed by atoms with van der Waals surface area (Å²) in [5.74, 6) is 13.4. The van der Waals surface area contributed by atoms with Crippen molar-refractivity contribution in [2.75, 3.05) is 5.88 Å². The van der Waals surface area contributed by atoms with Crippen LogP contribution in [-0.4, -0.2) is 5.88 Å². The van der Waals surface area contributed by atoms with Crippen LogP contribution >= 0.6 is 11.6 Å². The molecule has 0 bridgehead atoms. The molecule has 0 aliphatic heterocycles. The number of hydrogen-bond donors (Lipinski definition) is 0. The van der Waals surface area contributed by atoms with Gasteiger partial charge in [-0.1, -0.05) is 62.0 Å². The molecule has 0 aliphatic carbocycles. The molecule has 0 amide bonds. The first-order valence-corrected chi connectivity index (χ1v) is 8.97. The monoisotopic (exact) mass is 306 g/mol. The van der Waals surface area contributed by atoms with Crippen LogP contribution in [0.25, 0.3) is 0 Å². The highest BCUT2D eigenvalue weighted by Gasteiger charge is 1.89. The SMILES string of the molecule is CCCCC/C(C)=C\CC#CCC#CCCCCCCCl. The topological polar surface area (TPSA) is 0 Å². The van der Waals surface area contributed by atoms with Crippen LogP contribution in [0.5, 0.6) is 0 Å². The normalized spacial score (nSPS) is 10.5. The second-order valence-electron chi connectivity index (χ2n) is 5.45. The highest BCUT2D eigenvalue weighted by atomic mass is 35.5. The quantitative estimate of drug-likeness (QED) is 0.187. The third-order valence-electron chi connectivity index (χ3n) is 3.34. The number of halogens is 1. The summed E-state index contributed by atoms with van der Waals surface area (Å²) >= 11 is 5.63. The lowest BCUT2D eigenvalue weighted by atomic mass is 10.1. The Morgan fingerprint density at radius 2 is 1.67 bits per heavy atom. The van der Waals surface area contributed by atoms with Crippen LogP contribution in [0.2, 0.25) is 0 Å². The Balaban J connectivity index is 3.54. The maximum absolute atomic E-state index is 5.63. The van der Waals surface area contributed by atoms with Crippen LogP contribution in [0.4, 0.5) is 0 Å². The Labute approximate surface area is 137 Å². The molecule has 0 saturated heterocycles. The largest absolute Gasteiger partial charge is 0.127 e. The Morgan fingerprint density at radius 3 is 2.43 bits per heavy atom. The van der Waals surface area contributed by atoms with Crippen LogP contribution in [0.15, 0.2) is 11.6 Å². The van der Waals surface area contributed by atoms with E-state index in [-0.39, 0.29) is 0 Å². The fraction of sp³-hybridized carbons (Fsp3) is 0.700. The number of unbranched alkanes of at least 4 members (excludes halogenated alkanes) is 6. The Bertz CT molecular complexity index is 370. The van der Waals surface area contributed by atoms with Gasteiger partial charge >= 0.3 is 0 Å². The van der Waals surface area contributed by atoms with Crippen LogP contribution in [-0.2, 0) is 0 Å². The minimum absolute atomic E-state index is 0.713. The summed E-state index contributed by atoms with van der Waals surface area (Å²) in [7, 11) is 0. The summed E-state index contributed by atoms with van der Waals surface area (Å²) in [6.45, 7) is 4.45. The van der Waals surface area contributed by atoms with Gasteiger partial charge in [0, 0.05) is 18.7 Å². The lowest BCUT2D eigenvalue weighted by Gasteiger charge is -1.98. The van der Waals surface area contributed by atoms with Gasteiger partial charge in [0.15, 0.2) is 0 Å². The first-order valence-electron chi connectivity index (χ1n) is 8.44. The summed E-state index contributed by atoms with van der Waals surface area (Å²) in [6.07, 6.45) is 14.8.